The van der Waals surface area contributed by atoms with Gasteiger partial charge >= 0.3 is 0 Å². The Kier molecular flexibility index (Phi) is 1.25. The minimum Gasteiger partial charge on any atom is -0.296 e. The van der Waals surface area contributed by atoms with E-state index in [9.17, 15) is 4.79 Å². The third-order valence-electron chi connectivity index (χ3n) is 3.45. The number of rotatable bonds is 1. The summed E-state index contributed by atoms with van der Waals surface area (Å²) >= 11 is 0. The number of nitrogens with zero attached hydrogens (tertiary/aromatic N) is 2. The maximum atomic E-state index is 10.7. The Morgan fingerprint density at radius 2 is 2.31 bits per heavy atom. The third kappa shape index (κ3) is 0.794. The molecule has 0 saturated heterocycles. The van der Waals surface area contributed by atoms with E-state index in [-0.39, 0.29) is 0 Å². The average Bonchev–Trinajstić information content (AvgIpc) is 2.42. The predicted octanol–water partition coefficient (Wildman–Crippen LogP) is 1.28. The summed E-state index contributed by atoms with van der Waals surface area (Å²) in [5.74, 6) is 1.53. The topological polar surface area (TPSA) is 34.9 Å². The quantitative estimate of drug-likeness (QED) is 0.604. The monoisotopic (exact) mass is 176 g/mol. The van der Waals surface area contributed by atoms with Crippen LogP contribution in [-0.4, -0.2) is 16.1 Å². The van der Waals surface area contributed by atoms with Gasteiger partial charge < -0.3 is 0 Å². The van der Waals surface area contributed by atoms with E-state index in [0.29, 0.717) is 11.6 Å². The van der Waals surface area contributed by atoms with Gasteiger partial charge in [-0.3, -0.25) is 9.48 Å². The molecule has 0 aliphatic heterocycles. The molecule has 68 valence electrons. The van der Waals surface area contributed by atoms with Crippen LogP contribution in [0, 0.1) is 5.92 Å². The van der Waals surface area contributed by atoms with Crippen molar-refractivity contribution in [2.24, 2.45) is 13.0 Å². The van der Waals surface area contributed by atoms with Crippen molar-refractivity contribution in [1.29, 1.82) is 0 Å². The number of hydrogen-bond donors (Lipinski definition) is 0. The lowest BCUT2D eigenvalue weighted by molar-refractivity contribution is 0.111. The summed E-state index contributed by atoms with van der Waals surface area (Å²) in [6.07, 6.45) is 4.59. The number of aldehydes is 1. The average molecular weight is 176 g/mol. The zero-order valence-electron chi connectivity index (χ0n) is 7.66. The van der Waals surface area contributed by atoms with Gasteiger partial charge in [0, 0.05) is 24.2 Å². The highest BCUT2D eigenvalue weighted by atomic mass is 16.1. The summed E-state index contributed by atoms with van der Waals surface area (Å²) in [6, 6.07) is 0. The number of carbonyl (C=O) groups is 1. The lowest BCUT2D eigenvalue weighted by Crippen LogP contribution is -2.31. The van der Waals surface area contributed by atoms with Crippen molar-refractivity contribution in [3.05, 3.63) is 17.0 Å². The van der Waals surface area contributed by atoms with E-state index in [1.165, 1.54) is 24.1 Å². The van der Waals surface area contributed by atoms with Gasteiger partial charge in [-0.2, -0.15) is 5.10 Å². The summed E-state index contributed by atoms with van der Waals surface area (Å²) in [6.45, 7) is 0. The molecule has 0 unspecified atom stereocenters. The van der Waals surface area contributed by atoms with E-state index in [1.807, 2.05) is 11.7 Å². The molecule has 3 heteroatoms. The van der Waals surface area contributed by atoms with Crippen molar-refractivity contribution in [1.82, 2.24) is 9.78 Å². The Balaban J connectivity index is 2.20. The van der Waals surface area contributed by atoms with Crippen molar-refractivity contribution >= 4 is 6.29 Å². The van der Waals surface area contributed by atoms with Gasteiger partial charge in [0.25, 0.3) is 0 Å². The van der Waals surface area contributed by atoms with Gasteiger partial charge in [-0.25, -0.2) is 0 Å². The van der Waals surface area contributed by atoms with Gasteiger partial charge in [0.1, 0.15) is 5.69 Å². The van der Waals surface area contributed by atoms with Crippen LogP contribution in [0.25, 0.3) is 0 Å². The van der Waals surface area contributed by atoms with Gasteiger partial charge in [0.15, 0.2) is 6.29 Å². The molecule has 1 fully saturated rings. The normalized spacial score (nSPS) is 29.3. The minimum atomic E-state index is 0.673. The molecule has 0 aromatic carbocycles. The van der Waals surface area contributed by atoms with E-state index in [4.69, 9.17) is 0 Å². The van der Waals surface area contributed by atoms with Gasteiger partial charge in [-0.15, -0.1) is 0 Å². The fourth-order valence-corrected chi connectivity index (χ4v) is 2.83. The molecule has 3 nitrogen and oxygen atoms in total. The first kappa shape index (κ1) is 7.30. The van der Waals surface area contributed by atoms with Gasteiger partial charge in [-0.1, -0.05) is 0 Å². The highest BCUT2D eigenvalue weighted by Gasteiger charge is 2.40. The van der Waals surface area contributed by atoms with Crippen molar-refractivity contribution in [2.75, 3.05) is 0 Å². The fourth-order valence-electron chi connectivity index (χ4n) is 2.83. The maximum absolute atomic E-state index is 10.7. The zero-order chi connectivity index (χ0) is 9.00. The van der Waals surface area contributed by atoms with Crippen LogP contribution in [0.3, 0.4) is 0 Å². The van der Waals surface area contributed by atoms with Crippen LogP contribution in [0.4, 0.5) is 0 Å². The van der Waals surface area contributed by atoms with Crippen molar-refractivity contribution < 1.29 is 4.79 Å². The largest absolute Gasteiger partial charge is 0.296 e. The second-order valence-electron chi connectivity index (χ2n) is 4.23. The van der Waals surface area contributed by atoms with Crippen LogP contribution in [0.2, 0.25) is 0 Å². The summed E-state index contributed by atoms with van der Waals surface area (Å²) < 4.78 is 1.90. The first-order valence-corrected chi connectivity index (χ1v) is 4.80. The molecule has 3 aliphatic carbocycles. The third-order valence-corrected chi connectivity index (χ3v) is 3.45. The van der Waals surface area contributed by atoms with Crippen LogP contribution in [0.15, 0.2) is 0 Å². The molecule has 0 N–H and O–H groups in total. The Bertz CT molecular complexity index is 375. The number of hydrogen-bond acceptors (Lipinski definition) is 2. The molecule has 2 bridgehead atoms. The summed E-state index contributed by atoms with van der Waals surface area (Å²) in [7, 11) is 1.95. The van der Waals surface area contributed by atoms with Gasteiger partial charge in [0.05, 0.1) is 0 Å². The lowest BCUT2D eigenvalue weighted by atomic mass is 9.64. The van der Waals surface area contributed by atoms with E-state index in [2.05, 4.69) is 5.10 Å². The lowest BCUT2D eigenvalue weighted by Gasteiger charge is -2.41. The smallest absolute Gasteiger partial charge is 0.170 e. The second kappa shape index (κ2) is 2.22. The Morgan fingerprint density at radius 1 is 1.54 bits per heavy atom. The molecule has 0 spiro atoms. The molecule has 4 rings (SSSR count). The van der Waals surface area contributed by atoms with E-state index >= 15 is 0 Å². The maximum Gasteiger partial charge on any atom is 0.170 e. The van der Waals surface area contributed by atoms with Gasteiger partial charge in [-0.05, 0) is 25.2 Å². The Hall–Kier alpha value is -1.12. The summed E-state index contributed by atoms with van der Waals surface area (Å²) in [5, 5.41) is 4.24. The van der Waals surface area contributed by atoms with E-state index in [1.54, 1.807) is 0 Å². The summed E-state index contributed by atoms with van der Waals surface area (Å²) in [5.41, 5.74) is 3.22. The SMILES string of the molecule is Cn1nc(C=O)c2c1C1CC(C2)C1. The van der Waals surface area contributed by atoms with E-state index in [0.717, 1.165) is 18.6 Å². The van der Waals surface area contributed by atoms with Crippen LogP contribution in [0.1, 0.15) is 40.5 Å². The summed E-state index contributed by atoms with van der Waals surface area (Å²) in [4.78, 5) is 10.7. The molecule has 1 aromatic heterocycles. The van der Waals surface area contributed by atoms with Gasteiger partial charge in [0.2, 0.25) is 0 Å². The molecular weight excluding hydrogens is 164 g/mol. The van der Waals surface area contributed by atoms with E-state index < -0.39 is 0 Å². The molecule has 0 radical (unpaired) electrons. The molecule has 0 atom stereocenters. The first-order valence-electron chi connectivity index (χ1n) is 4.80. The standard InChI is InChI=1S/C10H12N2O/c1-12-10-7-2-6(3-7)4-8(10)9(5-13)11-12/h5-7H,2-4H2,1H3. The predicted molar refractivity (Wildman–Crippen MR) is 47.8 cm³/mol. The van der Waals surface area contributed by atoms with Crippen LogP contribution >= 0.6 is 0 Å². The van der Waals surface area contributed by atoms with Crippen LogP contribution < -0.4 is 0 Å². The molecular formula is C10H12N2O. The minimum absolute atomic E-state index is 0.673. The molecule has 3 aliphatic rings. The molecule has 13 heavy (non-hydrogen) atoms. The molecule has 1 heterocycles. The molecule has 0 amide bonds. The van der Waals surface area contributed by atoms with Crippen molar-refractivity contribution in [3.8, 4) is 0 Å². The molecule has 1 aromatic rings. The first-order chi connectivity index (χ1) is 6.29. The zero-order valence-corrected chi connectivity index (χ0v) is 7.66. The number of carbonyl (C=O) groups excluding carboxylic acids is 1. The highest BCUT2D eigenvalue weighted by Crippen LogP contribution is 2.49. The second-order valence-corrected chi connectivity index (χ2v) is 4.23. The van der Waals surface area contributed by atoms with Crippen molar-refractivity contribution in [3.63, 3.8) is 0 Å². The Morgan fingerprint density at radius 3 is 3.00 bits per heavy atom. The van der Waals surface area contributed by atoms with Crippen LogP contribution in [0.5, 0.6) is 0 Å². The number of aromatic nitrogens is 2. The fraction of sp³-hybridized carbons (Fsp3) is 0.600. The number of aryl methyl sites for hydroxylation is 1. The van der Waals surface area contributed by atoms with Crippen molar-refractivity contribution in [2.45, 2.75) is 25.2 Å². The molecule has 1 saturated carbocycles. The van der Waals surface area contributed by atoms with Crippen LogP contribution in [-0.2, 0) is 13.5 Å². The highest BCUT2D eigenvalue weighted by molar-refractivity contribution is 5.75. The Labute approximate surface area is 76.7 Å².